The Bertz CT molecular complexity index is 992. The second-order valence-corrected chi connectivity index (χ2v) is 11.4. The molecular formula is C27H36F2O6. The summed E-state index contributed by atoms with van der Waals surface area (Å²) in [5.41, 5.74) is -6.74. The average Bonchev–Trinajstić information content (AvgIpc) is 3.02. The minimum absolute atomic E-state index is 0.0288. The summed E-state index contributed by atoms with van der Waals surface area (Å²) >= 11 is 0. The van der Waals surface area contributed by atoms with Gasteiger partial charge < -0.3 is 14.9 Å². The van der Waals surface area contributed by atoms with Crippen molar-refractivity contribution in [3.63, 3.8) is 0 Å². The third-order valence-corrected chi connectivity index (χ3v) is 9.74. The summed E-state index contributed by atoms with van der Waals surface area (Å²) in [5, 5.41) is 21.3. The fourth-order valence-corrected chi connectivity index (χ4v) is 8.06. The van der Waals surface area contributed by atoms with Crippen LogP contribution in [0, 0.1) is 28.6 Å². The maximum absolute atomic E-state index is 17.3. The van der Waals surface area contributed by atoms with Gasteiger partial charge in [-0.15, -0.1) is 0 Å². The Morgan fingerprint density at radius 2 is 1.91 bits per heavy atom. The van der Waals surface area contributed by atoms with Gasteiger partial charge in [-0.1, -0.05) is 33.3 Å². The van der Waals surface area contributed by atoms with Crippen LogP contribution in [0.2, 0.25) is 0 Å². The number of carbonyl (C=O) groups is 3. The van der Waals surface area contributed by atoms with Gasteiger partial charge in [-0.25, -0.2) is 8.78 Å². The molecule has 6 nitrogen and oxygen atoms in total. The van der Waals surface area contributed by atoms with Crippen molar-refractivity contribution in [2.45, 2.75) is 89.8 Å². The van der Waals surface area contributed by atoms with Crippen molar-refractivity contribution >= 4 is 17.5 Å². The van der Waals surface area contributed by atoms with E-state index in [4.69, 9.17) is 4.74 Å². The Morgan fingerprint density at radius 1 is 1.23 bits per heavy atom. The third-order valence-electron chi connectivity index (χ3n) is 9.74. The quantitative estimate of drug-likeness (QED) is 0.548. The molecule has 8 heteroatoms. The summed E-state index contributed by atoms with van der Waals surface area (Å²) in [6, 6.07) is 0. The van der Waals surface area contributed by atoms with Crippen LogP contribution in [0.3, 0.4) is 0 Å². The van der Waals surface area contributed by atoms with Crippen molar-refractivity contribution in [1.29, 1.82) is 0 Å². The molecule has 0 aromatic rings. The number of carbonyl (C=O) groups excluding carboxylic acids is 3. The number of halogens is 2. The first kappa shape index (κ1) is 26.1. The molecule has 0 aromatic carbocycles. The van der Waals surface area contributed by atoms with Crippen LogP contribution in [0.5, 0.6) is 0 Å². The number of allylic oxidation sites excluding steroid dienone is 4. The summed E-state index contributed by atoms with van der Waals surface area (Å²) in [6.07, 6.45) is 1.74. The summed E-state index contributed by atoms with van der Waals surface area (Å²) in [4.78, 5) is 38.1. The predicted molar refractivity (Wildman–Crippen MR) is 124 cm³/mol. The van der Waals surface area contributed by atoms with Crippen molar-refractivity contribution in [2.24, 2.45) is 28.6 Å². The Kier molecular flexibility index (Phi) is 6.41. The molecule has 4 aliphatic carbocycles. The van der Waals surface area contributed by atoms with Crippen LogP contribution in [-0.2, 0) is 19.1 Å². The standard InChI is InChI=1S/C27H36F2O6/c1-5-6-7-23(34)35-27(22(33)14-30)15(2)10-17-18-12-20(28)19-11-16(31)8-9-24(19,3)26(18,29)21(32)13-25(17,27)4/h8-9,11,15,17-18,20-21,30,32H,5-7,10,12-14H2,1-4H3/t15-,17-,18-,20-,21?,24-,25-,26-,27-/m0/s1. The maximum Gasteiger partial charge on any atom is 0.306 e. The van der Waals surface area contributed by atoms with E-state index in [0.717, 1.165) is 12.5 Å². The zero-order valence-corrected chi connectivity index (χ0v) is 20.9. The van der Waals surface area contributed by atoms with E-state index in [-0.39, 0.29) is 31.3 Å². The van der Waals surface area contributed by atoms with E-state index in [1.54, 1.807) is 13.8 Å². The van der Waals surface area contributed by atoms with Gasteiger partial charge in [-0.3, -0.25) is 14.4 Å². The molecule has 2 N–H and O–H groups in total. The van der Waals surface area contributed by atoms with E-state index in [2.05, 4.69) is 0 Å². The molecule has 0 radical (unpaired) electrons. The molecule has 0 saturated heterocycles. The lowest BCUT2D eigenvalue weighted by atomic mass is 9.44. The number of unbranched alkanes of at least 4 members (excludes halogenated alkanes) is 1. The van der Waals surface area contributed by atoms with Crippen LogP contribution in [-0.4, -0.2) is 57.9 Å². The predicted octanol–water partition coefficient (Wildman–Crippen LogP) is 3.58. The molecule has 9 atom stereocenters. The highest BCUT2D eigenvalue weighted by molar-refractivity contribution is 6.01. The fourth-order valence-electron chi connectivity index (χ4n) is 8.06. The number of rotatable bonds is 6. The lowest BCUT2D eigenvalue weighted by Crippen LogP contribution is -2.71. The van der Waals surface area contributed by atoms with Crippen LogP contribution < -0.4 is 0 Å². The zero-order valence-electron chi connectivity index (χ0n) is 20.9. The number of ketones is 2. The molecule has 0 spiro atoms. The first-order valence-corrected chi connectivity index (χ1v) is 12.7. The van der Waals surface area contributed by atoms with Gasteiger partial charge in [-0.2, -0.15) is 0 Å². The maximum atomic E-state index is 17.3. The van der Waals surface area contributed by atoms with Crippen LogP contribution in [0.1, 0.15) is 66.2 Å². The lowest BCUT2D eigenvalue weighted by molar-refractivity contribution is -0.231. The second-order valence-electron chi connectivity index (χ2n) is 11.4. The van der Waals surface area contributed by atoms with Gasteiger partial charge in [0.25, 0.3) is 0 Å². The highest BCUT2D eigenvalue weighted by atomic mass is 19.1. The molecule has 194 valence electrons. The Balaban J connectivity index is 1.83. The number of fused-ring (bicyclic) bond motifs is 5. The van der Waals surface area contributed by atoms with E-state index in [1.807, 2.05) is 6.92 Å². The van der Waals surface area contributed by atoms with Crippen molar-refractivity contribution in [2.75, 3.05) is 6.61 Å². The Morgan fingerprint density at radius 3 is 2.54 bits per heavy atom. The topological polar surface area (TPSA) is 101 Å². The van der Waals surface area contributed by atoms with Crippen LogP contribution in [0.4, 0.5) is 8.78 Å². The number of aliphatic hydroxyl groups excluding tert-OH is 2. The van der Waals surface area contributed by atoms with Gasteiger partial charge in [0.1, 0.15) is 12.8 Å². The highest BCUT2D eigenvalue weighted by Crippen LogP contribution is 2.71. The molecule has 3 fully saturated rings. The minimum atomic E-state index is -2.28. The number of alkyl halides is 2. The SMILES string of the molecule is CCCCC(=O)O[C@]1(C(=O)CO)[C@@H](C)C[C@H]2[C@@H]3C[C@H](F)C4=CC(=O)C=C[C@]4(C)[C@@]3(F)C(O)C[C@@]21C. The van der Waals surface area contributed by atoms with E-state index in [1.165, 1.54) is 19.1 Å². The molecule has 4 rings (SSSR count). The van der Waals surface area contributed by atoms with Gasteiger partial charge in [-0.05, 0) is 56.3 Å². The van der Waals surface area contributed by atoms with Gasteiger partial charge in [0.15, 0.2) is 17.1 Å². The van der Waals surface area contributed by atoms with E-state index in [0.29, 0.717) is 6.42 Å². The fraction of sp³-hybridized carbons (Fsp3) is 0.741. The van der Waals surface area contributed by atoms with Crippen LogP contribution >= 0.6 is 0 Å². The molecule has 1 unspecified atom stereocenters. The second kappa shape index (κ2) is 8.58. The number of esters is 1. The van der Waals surface area contributed by atoms with Crippen LogP contribution in [0.25, 0.3) is 0 Å². The molecule has 0 bridgehead atoms. The third kappa shape index (κ3) is 3.28. The van der Waals surface area contributed by atoms with Gasteiger partial charge in [0, 0.05) is 29.1 Å². The number of Topliss-reactive ketones (excluding diaryl/α,β-unsaturated/α-hetero) is 1. The van der Waals surface area contributed by atoms with Gasteiger partial charge in [0.05, 0.1) is 6.10 Å². The largest absolute Gasteiger partial charge is 0.450 e. The van der Waals surface area contributed by atoms with E-state index in [9.17, 15) is 24.6 Å². The van der Waals surface area contributed by atoms with Crippen molar-refractivity contribution in [3.8, 4) is 0 Å². The Labute approximate surface area is 204 Å². The molecule has 0 heterocycles. The number of ether oxygens (including phenoxy) is 1. The van der Waals surface area contributed by atoms with Gasteiger partial charge in [0.2, 0.25) is 5.78 Å². The van der Waals surface area contributed by atoms with E-state index >= 15 is 8.78 Å². The van der Waals surface area contributed by atoms with Crippen molar-refractivity contribution in [1.82, 2.24) is 0 Å². The molecule has 0 amide bonds. The highest BCUT2D eigenvalue weighted by Gasteiger charge is 2.78. The minimum Gasteiger partial charge on any atom is -0.450 e. The van der Waals surface area contributed by atoms with Crippen molar-refractivity contribution < 1.29 is 38.1 Å². The summed E-state index contributed by atoms with van der Waals surface area (Å²) in [7, 11) is 0. The number of hydrogen-bond acceptors (Lipinski definition) is 6. The van der Waals surface area contributed by atoms with E-state index < -0.39 is 76.3 Å². The summed E-state index contributed by atoms with van der Waals surface area (Å²) in [5.74, 6) is -3.82. The molecule has 4 aliphatic rings. The van der Waals surface area contributed by atoms with Gasteiger partial charge >= 0.3 is 5.97 Å². The first-order valence-electron chi connectivity index (χ1n) is 12.7. The smallest absolute Gasteiger partial charge is 0.306 e. The van der Waals surface area contributed by atoms with Crippen LogP contribution in [0.15, 0.2) is 23.8 Å². The summed E-state index contributed by atoms with van der Waals surface area (Å²) < 4.78 is 38.8. The average molecular weight is 495 g/mol. The first-order chi connectivity index (χ1) is 16.3. The molecule has 3 saturated carbocycles. The van der Waals surface area contributed by atoms with Crippen molar-refractivity contribution in [3.05, 3.63) is 23.8 Å². The molecule has 0 aliphatic heterocycles. The lowest BCUT2D eigenvalue weighted by Gasteiger charge is -2.63. The molecule has 35 heavy (non-hydrogen) atoms. The monoisotopic (exact) mass is 494 g/mol. The molecular weight excluding hydrogens is 458 g/mol. The normalized spacial score (nSPS) is 46.3. The zero-order chi connectivity index (χ0) is 26.0. The summed E-state index contributed by atoms with van der Waals surface area (Å²) in [6.45, 7) is 6.01. The molecule has 0 aromatic heterocycles. The number of hydrogen-bond donors (Lipinski definition) is 2. The number of aliphatic hydroxyl groups is 2. The Hall–Kier alpha value is -1.93.